The Hall–Kier alpha value is -1.91. The number of piperidine rings is 1. The van der Waals surface area contributed by atoms with Gasteiger partial charge in [0.1, 0.15) is 5.75 Å². The molecule has 166 valence electrons. The van der Waals surface area contributed by atoms with Crippen molar-refractivity contribution in [1.29, 1.82) is 0 Å². The molecule has 1 aliphatic rings. The van der Waals surface area contributed by atoms with Gasteiger partial charge in [-0.05, 0) is 107 Å². The summed E-state index contributed by atoms with van der Waals surface area (Å²) in [6, 6.07) is 16.0. The Balaban J connectivity index is 1.46. The summed E-state index contributed by atoms with van der Waals surface area (Å²) in [5.74, 6) is 1.61. The van der Waals surface area contributed by atoms with Crippen LogP contribution in [0.15, 0.2) is 58.5 Å². The average molecular weight is 437 g/mol. The van der Waals surface area contributed by atoms with Crippen molar-refractivity contribution in [2.45, 2.75) is 81.2 Å². The van der Waals surface area contributed by atoms with E-state index in [1.807, 2.05) is 11.8 Å². The highest BCUT2D eigenvalue weighted by Gasteiger charge is 2.24. The van der Waals surface area contributed by atoms with Gasteiger partial charge in [-0.2, -0.15) is 0 Å². The van der Waals surface area contributed by atoms with Crippen molar-refractivity contribution in [3.05, 3.63) is 54.2 Å². The first-order chi connectivity index (χ1) is 15.1. The Labute approximate surface area is 191 Å². The lowest BCUT2D eigenvalue weighted by Crippen LogP contribution is -2.39. The number of ether oxygens (including phenoxy) is 1. The molecule has 0 bridgehead atoms. The minimum atomic E-state index is 0.255. The molecular weight excluding hydrogens is 400 g/mol. The first-order valence-corrected chi connectivity index (χ1v) is 12.7. The SMILES string of the molecule is CCC(C)Oc1ccc(Sc2ccc3[nH]cc(C4CCN(C(C)CC)CC4)c3c2)cc1. The topological polar surface area (TPSA) is 28.3 Å². The lowest BCUT2D eigenvalue weighted by atomic mass is 9.88. The highest BCUT2D eigenvalue weighted by atomic mass is 32.2. The van der Waals surface area contributed by atoms with Gasteiger partial charge in [0.2, 0.25) is 0 Å². The zero-order valence-electron chi connectivity index (χ0n) is 19.4. The van der Waals surface area contributed by atoms with Crippen LogP contribution in [-0.2, 0) is 0 Å². The van der Waals surface area contributed by atoms with E-state index in [2.05, 4.69) is 86.2 Å². The standard InChI is InChI=1S/C27H36N2OS/c1-5-19(3)29-15-13-21(14-16-29)26-18-28-27-12-11-24(17-25(26)27)31-23-9-7-22(8-10-23)30-20(4)6-2/h7-12,17-21,28H,5-6,13-16H2,1-4H3. The normalized spacial score (nSPS) is 17.7. The maximum absolute atomic E-state index is 5.91. The maximum atomic E-state index is 5.91. The largest absolute Gasteiger partial charge is 0.491 e. The molecule has 31 heavy (non-hydrogen) atoms. The monoisotopic (exact) mass is 436 g/mol. The van der Waals surface area contributed by atoms with Crippen LogP contribution in [0.3, 0.4) is 0 Å². The number of benzene rings is 2. The van der Waals surface area contributed by atoms with Crippen LogP contribution in [0.5, 0.6) is 5.75 Å². The highest BCUT2D eigenvalue weighted by molar-refractivity contribution is 7.99. The molecule has 1 fully saturated rings. The molecule has 2 unspecified atom stereocenters. The zero-order valence-corrected chi connectivity index (χ0v) is 20.2. The predicted molar refractivity (Wildman–Crippen MR) is 133 cm³/mol. The molecule has 0 saturated carbocycles. The number of H-pyrrole nitrogens is 1. The molecule has 0 amide bonds. The molecule has 1 aromatic heterocycles. The second kappa shape index (κ2) is 10.1. The fourth-order valence-electron chi connectivity index (χ4n) is 4.47. The Kier molecular flexibility index (Phi) is 7.29. The summed E-state index contributed by atoms with van der Waals surface area (Å²) in [6.45, 7) is 11.3. The van der Waals surface area contributed by atoms with Crippen molar-refractivity contribution < 1.29 is 4.74 Å². The van der Waals surface area contributed by atoms with Gasteiger partial charge in [-0.25, -0.2) is 0 Å². The van der Waals surface area contributed by atoms with Crippen molar-refractivity contribution in [2.24, 2.45) is 0 Å². The number of fused-ring (bicyclic) bond motifs is 1. The quantitative estimate of drug-likeness (QED) is 0.397. The van der Waals surface area contributed by atoms with E-state index in [4.69, 9.17) is 4.74 Å². The molecule has 0 aliphatic carbocycles. The molecular formula is C27H36N2OS. The van der Waals surface area contributed by atoms with E-state index in [0.717, 1.165) is 12.2 Å². The molecule has 2 heterocycles. The van der Waals surface area contributed by atoms with Gasteiger partial charge >= 0.3 is 0 Å². The van der Waals surface area contributed by atoms with Crippen molar-refractivity contribution in [3.63, 3.8) is 0 Å². The summed E-state index contributed by atoms with van der Waals surface area (Å²) in [5.41, 5.74) is 2.75. The molecule has 0 radical (unpaired) electrons. The second-order valence-corrected chi connectivity index (χ2v) is 10.1. The van der Waals surface area contributed by atoms with Crippen molar-refractivity contribution in [3.8, 4) is 5.75 Å². The Morgan fingerprint density at radius 3 is 2.39 bits per heavy atom. The minimum Gasteiger partial charge on any atom is -0.491 e. The number of likely N-dealkylation sites (tertiary alicyclic amines) is 1. The molecule has 3 aromatic rings. The van der Waals surface area contributed by atoms with E-state index in [1.54, 1.807) is 0 Å². The molecule has 1 saturated heterocycles. The van der Waals surface area contributed by atoms with Crippen LogP contribution in [-0.4, -0.2) is 35.1 Å². The molecule has 4 heteroatoms. The fraction of sp³-hybridized carbons (Fsp3) is 0.481. The van der Waals surface area contributed by atoms with Crippen molar-refractivity contribution in [2.75, 3.05) is 13.1 Å². The van der Waals surface area contributed by atoms with Crippen LogP contribution in [0.2, 0.25) is 0 Å². The van der Waals surface area contributed by atoms with Gasteiger partial charge < -0.3 is 14.6 Å². The number of hydrogen-bond donors (Lipinski definition) is 1. The average Bonchev–Trinajstić information content (AvgIpc) is 3.23. The number of rotatable bonds is 8. The summed E-state index contributed by atoms with van der Waals surface area (Å²) in [5, 5.41) is 1.39. The van der Waals surface area contributed by atoms with Crippen LogP contribution in [0, 0.1) is 0 Å². The molecule has 2 aromatic carbocycles. The van der Waals surface area contributed by atoms with Gasteiger partial charge in [0.05, 0.1) is 6.10 Å². The predicted octanol–water partition coefficient (Wildman–Crippen LogP) is 7.47. The summed E-state index contributed by atoms with van der Waals surface area (Å²) in [7, 11) is 0. The van der Waals surface area contributed by atoms with E-state index >= 15 is 0 Å². The number of nitrogens with zero attached hydrogens (tertiary/aromatic N) is 1. The van der Waals surface area contributed by atoms with Crippen LogP contribution in [0.25, 0.3) is 10.9 Å². The summed E-state index contributed by atoms with van der Waals surface area (Å²) in [4.78, 5) is 8.71. The first kappa shape index (κ1) is 22.3. The minimum absolute atomic E-state index is 0.255. The third-order valence-corrected chi connectivity index (χ3v) is 7.84. The molecule has 3 nitrogen and oxygen atoms in total. The van der Waals surface area contributed by atoms with Gasteiger partial charge in [-0.3, -0.25) is 0 Å². The van der Waals surface area contributed by atoms with E-state index in [9.17, 15) is 0 Å². The van der Waals surface area contributed by atoms with Crippen molar-refractivity contribution >= 4 is 22.7 Å². The Morgan fingerprint density at radius 1 is 1.00 bits per heavy atom. The molecule has 2 atom stereocenters. The van der Waals surface area contributed by atoms with Gasteiger partial charge in [-0.15, -0.1) is 0 Å². The Morgan fingerprint density at radius 2 is 1.71 bits per heavy atom. The highest BCUT2D eigenvalue weighted by Crippen LogP contribution is 2.37. The fourth-order valence-corrected chi connectivity index (χ4v) is 5.33. The van der Waals surface area contributed by atoms with Crippen LogP contribution in [0.4, 0.5) is 0 Å². The zero-order chi connectivity index (χ0) is 21.8. The van der Waals surface area contributed by atoms with Gasteiger partial charge in [0.15, 0.2) is 0 Å². The number of aromatic amines is 1. The smallest absolute Gasteiger partial charge is 0.119 e. The molecule has 4 rings (SSSR count). The van der Waals surface area contributed by atoms with Crippen molar-refractivity contribution in [1.82, 2.24) is 9.88 Å². The van der Waals surface area contributed by atoms with E-state index in [0.29, 0.717) is 12.0 Å². The Bertz CT molecular complexity index is 973. The van der Waals surface area contributed by atoms with Gasteiger partial charge in [0, 0.05) is 32.9 Å². The first-order valence-electron chi connectivity index (χ1n) is 11.9. The lowest BCUT2D eigenvalue weighted by Gasteiger charge is -2.35. The summed E-state index contributed by atoms with van der Waals surface area (Å²) in [6.07, 6.45) is 7.28. The van der Waals surface area contributed by atoms with Crippen LogP contribution in [0.1, 0.15) is 64.9 Å². The van der Waals surface area contributed by atoms with Gasteiger partial charge in [0.25, 0.3) is 0 Å². The van der Waals surface area contributed by atoms with Gasteiger partial charge in [-0.1, -0.05) is 25.6 Å². The number of nitrogens with one attached hydrogen (secondary N) is 1. The second-order valence-electron chi connectivity index (χ2n) is 8.93. The lowest BCUT2D eigenvalue weighted by molar-refractivity contribution is 0.158. The maximum Gasteiger partial charge on any atom is 0.119 e. The number of hydrogen-bond acceptors (Lipinski definition) is 3. The van der Waals surface area contributed by atoms with Crippen LogP contribution < -0.4 is 4.74 Å². The number of aromatic nitrogens is 1. The van der Waals surface area contributed by atoms with E-state index < -0.39 is 0 Å². The summed E-state index contributed by atoms with van der Waals surface area (Å²) >= 11 is 1.82. The molecule has 1 aliphatic heterocycles. The molecule has 0 spiro atoms. The van der Waals surface area contributed by atoms with E-state index in [-0.39, 0.29) is 6.10 Å². The van der Waals surface area contributed by atoms with E-state index in [1.165, 1.54) is 58.6 Å². The third-order valence-electron chi connectivity index (χ3n) is 6.84. The molecule has 1 N–H and O–H groups in total. The third kappa shape index (κ3) is 5.30. The summed E-state index contributed by atoms with van der Waals surface area (Å²) < 4.78 is 5.91. The van der Waals surface area contributed by atoms with Crippen LogP contribution >= 0.6 is 11.8 Å².